The number of hydrogen-bond donors (Lipinski definition) is 0. The fourth-order valence-electron chi connectivity index (χ4n) is 2.23. The van der Waals surface area contributed by atoms with Gasteiger partial charge in [-0.3, -0.25) is 4.90 Å². The monoisotopic (exact) mass is 136 g/mol. The van der Waals surface area contributed by atoms with Crippen molar-refractivity contribution in [3.8, 4) is 6.07 Å². The van der Waals surface area contributed by atoms with Crippen molar-refractivity contribution in [2.75, 3.05) is 13.1 Å². The van der Waals surface area contributed by atoms with Gasteiger partial charge in [0.05, 0.1) is 12.0 Å². The molecule has 54 valence electrons. The second-order valence-electron chi connectivity index (χ2n) is 3.27. The summed E-state index contributed by atoms with van der Waals surface area (Å²) in [5.74, 6) is 0.350. The van der Waals surface area contributed by atoms with Gasteiger partial charge in [0.1, 0.15) is 0 Å². The fraction of sp³-hybridized carbons (Fsp3) is 0.875. The van der Waals surface area contributed by atoms with Gasteiger partial charge in [-0.1, -0.05) is 0 Å². The van der Waals surface area contributed by atoms with Gasteiger partial charge in [-0.15, -0.1) is 0 Å². The molecule has 0 aromatic carbocycles. The molecule has 0 amide bonds. The first-order chi connectivity index (χ1) is 4.92. The summed E-state index contributed by atoms with van der Waals surface area (Å²) in [6.07, 6.45) is 3.68. The van der Waals surface area contributed by atoms with Gasteiger partial charge in [0, 0.05) is 6.04 Å². The molecular formula is C8H12N2. The lowest BCUT2D eigenvalue weighted by atomic mass is 10.0. The first kappa shape index (κ1) is 6.18. The van der Waals surface area contributed by atoms with E-state index < -0.39 is 0 Å². The summed E-state index contributed by atoms with van der Waals surface area (Å²) >= 11 is 0. The number of fused-ring (bicyclic) bond motifs is 1. The molecule has 0 spiro atoms. The largest absolute Gasteiger partial charge is 0.299 e. The first-order valence-electron chi connectivity index (χ1n) is 4.05. The van der Waals surface area contributed by atoms with Crippen molar-refractivity contribution in [3.63, 3.8) is 0 Å². The summed E-state index contributed by atoms with van der Waals surface area (Å²) in [6.45, 7) is 2.41. The van der Waals surface area contributed by atoms with Gasteiger partial charge < -0.3 is 0 Å². The van der Waals surface area contributed by atoms with E-state index in [4.69, 9.17) is 5.26 Å². The van der Waals surface area contributed by atoms with E-state index in [1.807, 2.05) is 0 Å². The average molecular weight is 136 g/mol. The van der Waals surface area contributed by atoms with Gasteiger partial charge in [-0.2, -0.15) is 5.26 Å². The molecular weight excluding hydrogens is 124 g/mol. The molecule has 0 aromatic rings. The van der Waals surface area contributed by atoms with Gasteiger partial charge in [-0.25, -0.2) is 0 Å². The molecule has 0 radical (unpaired) electrons. The van der Waals surface area contributed by atoms with Crippen LogP contribution in [0.4, 0.5) is 0 Å². The molecule has 2 heterocycles. The van der Waals surface area contributed by atoms with E-state index in [2.05, 4.69) is 11.0 Å². The lowest BCUT2D eigenvalue weighted by Gasteiger charge is -2.14. The first-order valence-corrected chi connectivity index (χ1v) is 4.05. The van der Waals surface area contributed by atoms with Crippen LogP contribution in [0.25, 0.3) is 0 Å². The predicted octanol–water partition coefficient (Wildman–Crippen LogP) is 0.994. The van der Waals surface area contributed by atoms with E-state index in [0.29, 0.717) is 12.0 Å². The molecule has 2 heteroatoms. The summed E-state index contributed by atoms with van der Waals surface area (Å²) in [7, 11) is 0. The van der Waals surface area contributed by atoms with E-state index in [1.54, 1.807) is 0 Å². The van der Waals surface area contributed by atoms with Crippen LogP contribution in [0.2, 0.25) is 0 Å². The van der Waals surface area contributed by atoms with Crippen molar-refractivity contribution in [1.82, 2.24) is 4.90 Å². The molecule has 2 aliphatic heterocycles. The van der Waals surface area contributed by atoms with Crippen LogP contribution in [0.15, 0.2) is 0 Å². The molecule has 2 fully saturated rings. The number of hydrogen-bond acceptors (Lipinski definition) is 2. The maximum absolute atomic E-state index is 8.74. The van der Waals surface area contributed by atoms with Gasteiger partial charge in [0.15, 0.2) is 0 Å². The molecule has 2 saturated heterocycles. The van der Waals surface area contributed by atoms with E-state index >= 15 is 0 Å². The number of rotatable bonds is 0. The van der Waals surface area contributed by atoms with Crippen molar-refractivity contribution >= 4 is 0 Å². The molecule has 2 rings (SSSR count). The van der Waals surface area contributed by atoms with Crippen LogP contribution in [0.3, 0.4) is 0 Å². The fourth-order valence-corrected chi connectivity index (χ4v) is 2.23. The van der Waals surface area contributed by atoms with Crippen LogP contribution in [0.1, 0.15) is 19.3 Å². The van der Waals surface area contributed by atoms with Crippen LogP contribution in [0.5, 0.6) is 0 Å². The molecule has 1 unspecified atom stereocenters. The summed E-state index contributed by atoms with van der Waals surface area (Å²) in [6, 6.07) is 3.02. The third-order valence-electron chi connectivity index (χ3n) is 2.77. The highest BCUT2D eigenvalue weighted by atomic mass is 15.2. The van der Waals surface area contributed by atoms with E-state index in [-0.39, 0.29) is 0 Å². The summed E-state index contributed by atoms with van der Waals surface area (Å²) in [5, 5.41) is 8.74. The Bertz CT molecular complexity index is 171. The van der Waals surface area contributed by atoms with Crippen LogP contribution in [-0.2, 0) is 0 Å². The molecule has 2 atom stereocenters. The Morgan fingerprint density at radius 3 is 3.00 bits per heavy atom. The molecule has 0 bridgehead atoms. The average Bonchev–Trinajstić information content (AvgIpc) is 2.44. The highest BCUT2D eigenvalue weighted by molar-refractivity contribution is 5.00. The van der Waals surface area contributed by atoms with E-state index in [1.165, 1.54) is 25.9 Å². The Kier molecular flexibility index (Phi) is 1.39. The van der Waals surface area contributed by atoms with Gasteiger partial charge in [-0.05, 0) is 32.4 Å². The third kappa shape index (κ3) is 0.741. The number of nitrogens with zero attached hydrogens (tertiary/aromatic N) is 2. The zero-order valence-corrected chi connectivity index (χ0v) is 6.08. The third-order valence-corrected chi connectivity index (χ3v) is 2.77. The Balaban J connectivity index is 2.10. The van der Waals surface area contributed by atoms with Crippen LogP contribution in [-0.4, -0.2) is 24.0 Å². The minimum Gasteiger partial charge on any atom is -0.299 e. The maximum Gasteiger partial charge on any atom is 0.0672 e. The lowest BCUT2D eigenvalue weighted by molar-refractivity contribution is 0.309. The zero-order valence-electron chi connectivity index (χ0n) is 6.08. The normalized spacial score (nSPS) is 39.5. The Morgan fingerprint density at radius 2 is 2.20 bits per heavy atom. The Morgan fingerprint density at radius 1 is 1.30 bits per heavy atom. The molecule has 0 aromatic heterocycles. The summed E-state index contributed by atoms with van der Waals surface area (Å²) in [5.41, 5.74) is 0. The Labute approximate surface area is 61.4 Å². The number of nitriles is 1. The summed E-state index contributed by atoms with van der Waals surface area (Å²) in [4.78, 5) is 2.47. The zero-order chi connectivity index (χ0) is 6.97. The maximum atomic E-state index is 8.74. The van der Waals surface area contributed by atoms with Crippen molar-refractivity contribution in [2.45, 2.75) is 25.3 Å². The second kappa shape index (κ2) is 2.25. The van der Waals surface area contributed by atoms with Crippen LogP contribution in [0, 0.1) is 17.2 Å². The Hall–Kier alpha value is -0.550. The van der Waals surface area contributed by atoms with E-state index in [9.17, 15) is 0 Å². The SMILES string of the molecule is N#C[C@@H]1CCN2CCCC12. The van der Waals surface area contributed by atoms with Crippen molar-refractivity contribution < 1.29 is 0 Å². The minimum atomic E-state index is 0.350. The highest BCUT2D eigenvalue weighted by Crippen LogP contribution is 2.31. The standard InChI is InChI=1S/C8H12N2/c9-6-7-3-5-10-4-1-2-8(7)10/h7-8H,1-5H2/t7-,8?/m0/s1. The van der Waals surface area contributed by atoms with Crippen molar-refractivity contribution in [1.29, 1.82) is 5.26 Å². The van der Waals surface area contributed by atoms with Crippen LogP contribution >= 0.6 is 0 Å². The van der Waals surface area contributed by atoms with Crippen molar-refractivity contribution in [3.05, 3.63) is 0 Å². The van der Waals surface area contributed by atoms with Gasteiger partial charge >= 0.3 is 0 Å². The molecule has 2 aliphatic rings. The summed E-state index contributed by atoms with van der Waals surface area (Å²) < 4.78 is 0. The molecule has 0 saturated carbocycles. The minimum absolute atomic E-state index is 0.350. The van der Waals surface area contributed by atoms with Crippen molar-refractivity contribution in [2.24, 2.45) is 5.92 Å². The molecule has 0 N–H and O–H groups in total. The molecule has 10 heavy (non-hydrogen) atoms. The predicted molar refractivity (Wildman–Crippen MR) is 38.3 cm³/mol. The van der Waals surface area contributed by atoms with E-state index in [0.717, 1.165) is 6.42 Å². The van der Waals surface area contributed by atoms with Gasteiger partial charge in [0.2, 0.25) is 0 Å². The highest BCUT2D eigenvalue weighted by Gasteiger charge is 2.36. The second-order valence-corrected chi connectivity index (χ2v) is 3.27. The smallest absolute Gasteiger partial charge is 0.0672 e. The topological polar surface area (TPSA) is 27.0 Å². The molecule has 0 aliphatic carbocycles. The van der Waals surface area contributed by atoms with Gasteiger partial charge in [0.25, 0.3) is 0 Å². The van der Waals surface area contributed by atoms with Crippen LogP contribution < -0.4 is 0 Å². The lowest BCUT2D eigenvalue weighted by Crippen LogP contribution is -2.25. The quantitative estimate of drug-likeness (QED) is 0.496. The molecule has 2 nitrogen and oxygen atoms in total.